The summed E-state index contributed by atoms with van der Waals surface area (Å²) in [7, 11) is 1.38. The lowest BCUT2D eigenvalue weighted by molar-refractivity contribution is 0.0600. The smallest absolute Gasteiger partial charge is 0.337 e. The number of methoxy groups -OCH3 is 1. The third-order valence-corrected chi connectivity index (χ3v) is 11.1. The molecule has 5 heterocycles. The summed E-state index contributed by atoms with van der Waals surface area (Å²) in [5, 5.41) is 29.6. The number of esters is 1. The first kappa shape index (κ1) is 39.2. The maximum atomic E-state index is 12.4. The van der Waals surface area contributed by atoms with Gasteiger partial charge in [0.15, 0.2) is 0 Å². The van der Waals surface area contributed by atoms with Gasteiger partial charge in [0.25, 0.3) is 0 Å². The first-order valence-corrected chi connectivity index (χ1v) is 20.5. The predicted octanol–water partition coefficient (Wildman–Crippen LogP) is 8.58. The first-order valence-electron chi connectivity index (χ1n) is 20.5. The second kappa shape index (κ2) is 18.7. The highest BCUT2D eigenvalue weighted by Gasteiger charge is 2.38. The number of carbonyl (C=O) groups excluding carboxylic acids is 1. The third kappa shape index (κ3) is 8.71. The fraction of sp³-hybridized carbons (Fsp3) is 0.457. The molecule has 288 valence electrons. The fourth-order valence-corrected chi connectivity index (χ4v) is 8.06. The quantitative estimate of drug-likeness (QED) is 0.0479. The van der Waals surface area contributed by atoms with E-state index >= 15 is 0 Å². The lowest BCUT2D eigenvalue weighted by atomic mass is 9.96. The van der Waals surface area contributed by atoms with E-state index < -0.39 is 18.2 Å². The van der Waals surface area contributed by atoms with Crippen molar-refractivity contribution >= 4 is 28.3 Å². The van der Waals surface area contributed by atoms with E-state index in [4.69, 9.17) is 4.74 Å². The first-order chi connectivity index (χ1) is 26.4. The molecule has 0 aliphatic carbocycles. The molecule has 8 nitrogen and oxygen atoms in total. The minimum Gasteiger partial charge on any atom is -0.465 e. The molecular formula is C46H60N4O4. The van der Waals surface area contributed by atoms with Gasteiger partial charge in [-0.2, -0.15) is 0 Å². The summed E-state index contributed by atoms with van der Waals surface area (Å²) < 4.78 is 4.98. The SMILES string of the molecule is CCCCCCC1=C2NC(=C(c3ccc(C(=O)OC)cc3)c3ccc([nH]3)C(CCCCCC)=c3ccc([nH]3)=C(CCCCCC)c3ccc1[nH]3)[C@H](O)[C@@H]2O. The van der Waals surface area contributed by atoms with Crippen LogP contribution in [-0.2, 0) is 4.74 Å². The van der Waals surface area contributed by atoms with Gasteiger partial charge in [-0.1, -0.05) is 90.7 Å². The Balaban J connectivity index is 1.60. The van der Waals surface area contributed by atoms with E-state index in [0.29, 0.717) is 17.0 Å². The second-order valence-corrected chi connectivity index (χ2v) is 15.0. The molecule has 0 amide bonds. The number of benzene rings is 1. The monoisotopic (exact) mass is 732 g/mol. The van der Waals surface area contributed by atoms with Crippen molar-refractivity contribution in [2.24, 2.45) is 0 Å². The molecule has 8 bridgehead atoms. The summed E-state index contributed by atoms with van der Waals surface area (Å²) in [5.41, 5.74) is 10.5. The van der Waals surface area contributed by atoms with Crippen LogP contribution in [0.2, 0.25) is 0 Å². The molecular weight excluding hydrogens is 673 g/mol. The van der Waals surface area contributed by atoms with Crippen molar-refractivity contribution < 1.29 is 19.7 Å². The van der Waals surface area contributed by atoms with E-state index in [9.17, 15) is 15.0 Å². The van der Waals surface area contributed by atoms with E-state index in [1.165, 1.54) is 50.4 Å². The van der Waals surface area contributed by atoms with Gasteiger partial charge < -0.3 is 35.2 Å². The molecule has 1 fully saturated rings. The largest absolute Gasteiger partial charge is 0.465 e. The van der Waals surface area contributed by atoms with Gasteiger partial charge in [-0.05, 0) is 109 Å². The van der Waals surface area contributed by atoms with Crippen LogP contribution in [-0.4, -0.2) is 50.5 Å². The third-order valence-electron chi connectivity index (χ3n) is 11.1. The van der Waals surface area contributed by atoms with Gasteiger partial charge in [0.1, 0.15) is 12.2 Å². The molecule has 2 aliphatic heterocycles. The molecule has 6 rings (SSSR count). The van der Waals surface area contributed by atoms with Crippen molar-refractivity contribution in [2.45, 2.75) is 129 Å². The summed E-state index contributed by atoms with van der Waals surface area (Å²) in [6.45, 7) is 6.70. The summed E-state index contributed by atoms with van der Waals surface area (Å²) in [4.78, 5) is 23.8. The van der Waals surface area contributed by atoms with Crippen molar-refractivity contribution in [3.63, 3.8) is 0 Å². The Morgan fingerprint density at radius 1 is 0.556 bits per heavy atom. The van der Waals surface area contributed by atoms with Crippen LogP contribution >= 0.6 is 0 Å². The molecule has 0 spiro atoms. The number of aromatic amines is 3. The van der Waals surface area contributed by atoms with Crippen molar-refractivity contribution in [3.05, 3.63) is 117 Å². The topological polar surface area (TPSA) is 126 Å². The van der Waals surface area contributed by atoms with E-state index in [0.717, 1.165) is 114 Å². The number of carbonyl (C=O) groups is 1. The van der Waals surface area contributed by atoms with Crippen LogP contribution in [0.3, 0.4) is 0 Å². The maximum Gasteiger partial charge on any atom is 0.337 e. The minimum absolute atomic E-state index is 0.411. The second-order valence-electron chi connectivity index (χ2n) is 15.0. The highest BCUT2D eigenvalue weighted by atomic mass is 16.5. The Morgan fingerprint density at radius 3 is 1.54 bits per heavy atom. The summed E-state index contributed by atoms with van der Waals surface area (Å²) in [6, 6.07) is 20.2. The highest BCUT2D eigenvalue weighted by Crippen LogP contribution is 2.38. The van der Waals surface area contributed by atoms with E-state index in [2.05, 4.69) is 77.4 Å². The molecule has 8 heteroatoms. The number of ether oxygens (including phenoxy) is 1. The molecule has 4 aromatic rings. The molecule has 2 aliphatic rings. The number of aliphatic hydroxyl groups is 2. The van der Waals surface area contributed by atoms with Crippen LogP contribution in [0, 0.1) is 0 Å². The summed E-state index contributed by atoms with van der Waals surface area (Å²) in [5.74, 6) is -0.411. The lowest BCUT2D eigenvalue weighted by Crippen LogP contribution is -2.22. The van der Waals surface area contributed by atoms with Gasteiger partial charge >= 0.3 is 5.97 Å². The normalized spacial score (nSPS) is 17.1. The highest BCUT2D eigenvalue weighted by molar-refractivity contribution is 5.91. The van der Waals surface area contributed by atoms with Gasteiger partial charge in [0.05, 0.1) is 24.1 Å². The van der Waals surface area contributed by atoms with Crippen LogP contribution in [0.4, 0.5) is 0 Å². The van der Waals surface area contributed by atoms with Gasteiger partial charge in [0, 0.05) is 39.0 Å². The Hall–Kier alpha value is -4.53. The number of H-pyrrole nitrogens is 3. The van der Waals surface area contributed by atoms with Crippen LogP contribution in [0.5, 0.6) is 0 Å². The summed E-state index contributed by atoms with van der Waals surface area (Å²) in [6.07, 6.45) is 13.9. The number of hydrogen-bond acceptors (Lipinski definition) is 5. The lowest BCUT2D eigenvalue weighted by Gasteiger charge is -2.15. The van der Waals surface area contributed by atoms with E-state index in [1.807, 2.05) is 12.1 Å². The number of nitrogens with one attached hydrogen (secondary N) is 4. The number of fused-ring (bicyclic) bond motifs is 8. The molecule has 2 atom stereocenters. The van der Waals surface area contributed by atoms with Crippen molar-refractivity contribution in [1.29, 1.82) is 0 Å². The zero-order valence-corrected chi connectivity index (χ0v) is 32.7. The number of aliphatic hydroxyl groups excluding tert-OH is 2. The Bertz CT molecular complexity index is 2060. The van der Waals surface area contributed by atoms with E-state index in [1.54, 1.807) is 12.1 Å². The van der Waals surface area contributed by atoms with Gasteiger partial charge in [-0.3, -0.25) is 0 Å². The zero-order valence-electron chi connectivity index (χ0n) is 32.7. The van der Waals surface area contributed by atoms with Crippen LogP contribution in [0.25, 0.3) is 22.3 Å². The molecule has 54 heavy (non-hydrogen) atoms. The number of aromatic nitrogens is 3. The predicted molar refractivity (Wildman–Crippen MR) is 219 cm³/mol. The van der Waals surface area contributed by atoms with Crippen molar-refractivity contribution in [3.8, 4) is 0 Å². The van der Waals surface area contributed by atoms with Gasteiger partial charge in [-0.25, -0.2) is 4.79 Å². The van der Waals surface area contributed by atoms with Crippen molar-refractivity contribution in [1.82, 2.24) is 20.3 Å². The van der Waals surface area contributed by atoms with Gasteiger partial charge in [-0.15, -0.1) is 0 Å². The van der Waals surface area contributed by atoms with Gasteiger partial charge in [0.2, 0.25) is 0 Å². The molecule has 1 aromatic carbocycles. The van der Waals surface area contributed by atoms with Crippen molar-refractivity contribution in [2.75, 3.05) is 7.11 Å². The number of hydrogen-bond donors (Lipinski definition) is 6. The Labute approximate surface area is 320 Å². The summed E-state index contributed by atoms with van der Waals surface area (Å²) >= 11 is 0. The Kier molecular flexibility index (Phi) is 13.5. The average molecular weight is 733 g/mol. The molecule has 6 N–H and O–H groups in total. The Morgan fingerprint density at radius 2 is 1.02 bits per heavy atom. The average Bonchev–Trinajstić information content (AvgIpc) is 4.02. The molecule has 3 aromatic heterocycles. The number of allylic oxidation sites excluding steroid dienone is 1. The minimum atomic E-state index is -1.19. The molecule has 0 saturated carbocycles. The van der Waals surface area contributed by atoms with Crippen LogP contribution in [0.1, 0.15) is 156 Å². The molecule has 0 unspecified atom stereocenters. The standard InChI is InChI=1S/C46H60N4O4/c1-5-8-11-14-17-32-35-24-25-36(47-35)33(18-15-12-9-6-2)38-28-29-40(49-38)41(30-20-22-31(23-21-30)46(53)54-4)43-45(52)44(51)42(50-43)34(19-16-13-10-7-3)39-27-26-37(32)48-39/h20-29,44-45,47-52H,5-19H2,1-4H3/t44-,45+/m1/s1. The maximum absolute atomic E-state index is 12.4. The molecule has 0 radical (unpaired) electrons. The van der Waals surface area contributed by atoms with Crippen LogP contribution < -0.4 is 16.0 Å². The number of rotatable bonds is 17. The molecule has 1 saturated heterocycles. The zero-order chi connectivity index (χ0) is 38.0. The van der Waals surface area contributed by atoms with E-state index in [-0.39, 0.29) is 0 Å². The van der Waals surface area contributed by atoms with Crippen LogP contribution in [0.15, 0.2) is 72.1 Å². The number of unbranched alkanes of at least 4 members (excludes halogenated alkanes) is 9. The fourth-order valence-electron chi connectivity index (χ4n) is 8.06.